The summed E-state index contributed by atoms with van der Waals surface area (Å²) in [5.74, 6) is 0. The van der Waals surface area contributed by atoms with Crippen molar-refractivity contribution in [3.8, 4) is 6.07 Å². The highest BCUT2D eigenvalue weighted by molar-refractivity contribution is 6.11. The zero-order valence-electron chi connectivity index (χ0n) is 7.00. The Morgan fingerprint density at radius 1 is 1.83 bits per heavy atom. The summed E-state index contributed by atoms with van der Waals surface area (Å²) >= 11 is 0. The van der Waals surface area contributed by atoms with Gasteiger partial charge in [0.25, 0.3) is 0 Å². The zero-order chi connectivity index (χ0) is 8.81. The average Bonchev–Trinajstić information content (AvgIpc) is 2.15. The smallest absolute Gasteiger partial charge is 0.183 e. The first-order valence-corrected chi connectivity index (χ1v) is 3.80. The lowest BCUT2D eigenvalue weighted by atomic mass is 10.1. The summed E-state index contributed by atoms with van der Waals surface area (Å²) in [5.41, 5.74) is 1.29. The molecule has 1 rings (SSSR count). The Morgan fingerprint density at radius 3 is 3.17 bits per heavy atom. The minimum absolute atomic E-state index is 0.365. The molecule has 0 saturated heterocycles. The fraction of sp³-hybridized carbons (Fsp3) is 0.500. The number of hydrogen-bond acceptors (Lipinski definition) is 4. The number of nitriles is 1. The van der Waals surface area contributed by atoms with Crippen molar-refractivity contribution in [1.29, 1.82) is 5.26 Å². The maximum atomic E-state index is 8.68. The lowest BCUT2D eigenvalue weighted by molar-refractivity contribution is 0.214. The van der Waals surface area contributed by atoms with E-state index in [9.17, 15) is 0 Å². The van der Waals surface area contributed by atoms with Gasteiger partial charge >= 0.3 is 0 Å². The van der Waals surface area contributed by atoms with Gasteiger partial charge < -0.3 is 10.2 Å². The van der Waals surface area contributed by atoms with E-state index in [1.54, 1.807) is 0 Å². The van der Waals surface area contributed by atoms with Crippen LogP contribution in [0.25, 0.3) is 0 Å². The molecule has 0 radical (unpaired) electrons. The second-order valence-corrected chi connectivity index (χ2v) is 2.43. The van der Waals surface area contributed by atoms with Crippen molar-refractivity contribution in [3.05, 3.63) is 11.6 Å². The van der Waals surface area contributed by atoms with Crippen molar-refractivity contribution in [1.82, 2.24) is 5.32 Å². The van der Waals surface area contributed by atoms with Crippen LogP contribution >= 0.6 is 0 Å². The van der Waals surface area contributed by atoms with Gasteiger partial charge in [0.15, 0.2) is 5.71 Å². The molecule has 0 aromatic heterocycles. The Balaban J connectivity index is 2.72. The Labute approximate surface area is 71.5 Å². The van der Waals surface area contributed by atoms with Crippen LogP contribution in [-0.4, -0.2) is 25.9 Å². The van der Waals surface area contributed by atoms with Gasteiger partial charge in [0.05, 0.1) is 0 Å². The van der Waals surface area contributed by atoms with Gasteiger partial charge in [-0.15, -0.1) is 0 Å². The fourth-order valence-electron chi connectivity index (χ4n) is 1.07. The maximum absolute atomic E-state index is 8.68. The molecule has 1 aliphatic heterocycles. The predicted molar refractivity (Wildman–Crippen MR) is 45.6 cm³/mol. The largest absolute Gasteiger partial charge is 0.398 e. The van der Waals surface area contributed by atoms with E-state index in [4.69, 9.17) is 5.26 Å². The molecule has 4 nitrogen and oxygen atoms in total. The van der Waals surface area contributed by atoms with Crippen LogP contribution in [-0.2, 0) is 4.84 Å². The van der Waals surface area contributed by atoms with E-state index < -0.39 is 0 Å². The molecule has 1 heterocycles. The van der Waals surface area contributed by atoms with E-state index in [1.807, 2.05) is 12.1 Å². The molecule has 0 spiro atoms. The molecule has 4 heteroatoms. The van der Waals surface area contributed by atoms with Gasteiger partial charge in [-0.2, -0.15) is 5.26 Å². The molecule has 64 valence electrons. The first-order chi connectivity index (χ1) is 5.88. The lowest BCUT2D eigenvalue weighted by Crippen LogP contribution is -2.25. The first-order valence-electron chi connectivity index (χ1n) is 3.80. The van der Waals surface area contributed by atoms with Crippen LogP contribution in [0.15, 0.2) is 16.8 Å². The number of nitrogens with one attached hydrogen (secondary N) is 1. The summed E-state index contributed by atoms with van der Waals surface area (Å²) in [7, 11) is 1.44. The van der Waals surface area contributed by atoms with E-state index in [2.05, 4.69) is 15.3 Å². The van der Waals surface area contributed by atoms with Gasteiger partial charge in [-0.25, -0.2) is 0 Å². The highest BCUT2D eigenvalue weighted by Crippen LogP contribution is 2.03. The molecule has 12 heavy (non-hydrogen) atoms. The van der Waals surface area contributed by atoms with Crippen LogP contribution in [0.5, 0.6) is 0 Å². The highest BCUT2D eigenvalue weighted by atomic mass is 16.6. The van der Waals surface area contributed by atoms with E-state index in [1.165, 1.54) is 7.11 Å². The molecular weight excluding hydrogens is 154 g/mol. The Kier molecular flexibility index (Phi) is 3.30. The summed E-state index contributed by atoms with van der Waals surface area (Å²) in [4.78, 5) is 4.54. The van der Waals surface area contributed by atoms with Crippen molar-refractivity contribution in [2.75, 3.05) is 20.2 Å². The van der Waals surface area contributed by atoms with Crippen LogP contribution < -0.4 is 5.32 Å². The summed E-state index contributed by atoms with van der Waals surface area (Å²) in [6.07, 6.45) is 2.96. The molecule has 0 saturated carbocycles. The molecule has 0 fully saturated rings. The minimum atomic E-state index is 0.365. The van der Waals surface area contributed by atoms with Gasteiger partial charge in [0.2, 0.25) is 0 Å². The number of oxime groups is 1. The van der Waals surface area contributed by atoms with Crippen LogP contribution in [0.4, 0.5) is 0 Å². The van der Waals surface area contributed by atoms with Crippen LogP contribution in [0.2, 0.25) is 0 Å². The van der Waals surface area contributed by atoms with E-state index in [0.717, 1.165) is 18.5 Å². The lowest BCUT2D eigenvalue weighted by Gasteiger charge is -2.11. The topological polar surface area (TPSA) is 57.4 Å². The molecule has 0 atom stereocenters. The molecule has 0 amide bonds. The maximum Gasteiger partial charge on any atom is 0.183 e. The third-order valence-corrected chi connectivity index (χ3v) is 1.62. The standard InChI is InChI=1S/C8H11N3O/c1-12-11-8(5-9)7-3-2-4-10-6-7/h3,10H,2,4,6H2,1H3/b11-8+. The Hall–Kier alpha value is -1.34. The molecule has 1 N–H and O–H groups in total. The van der Waals surface area contributed by atoms with Crippen LogP contribution in [0, 0.1) is 11.3 Å². The fourth-order valence-corrected chi connectivity index (χ4v) is 1.07. The Morgan fingerprint density at radius 2 is 2.67 bits per heavy atom. The molecule has 0 bridgehead atoms. The average molecular weight is 165 g/mol. The van der Waals surface area contributed by atoms with Crippen molar-refractivity contribution in [2.45, 2.75) is 6.42 Å². The van der Waals surface area contributed by atoms with Crippen LogP contribution in [0.1, 0.15) is 6.42 Å². The third-order valence-electron chi connectivity index (χ3n) is 1.62. The molecule has 0 aliphatic carbocycles. The second kappa shape index (κ2) is 4.52. The van der Waals surface area contributed by atoms with Crippen molar-refractivity contribution < 1.29 is 4.84 Å². The quantitative estimate of drug-likeness (QED) is 0.477. The zero-order valence-corrected chi connectivity index (χ0v) is 7.00. The summed E-state index contributed by atoms with van der Waals surface area (Å²) < 4.78 is 0. The van der Waals surface area contributed by atoms with E-state index in [-0.39, 0.29) is 0 Å². The SMILES string of the molecule is CO/N=C(\C#N)C1=CCCNC1. The predicted octanol–water partition coefficient (Wildman–Crippen LogP) is 0.432. The summed E-state index contributed by atoms with van der Waals surface area (Å²) in [5, 5.41) is 15.4. The molecule has 0 aromatic carbocycles. The number of rotatable bonds is 2. The van der Waals surface area contributed by atoms with Gasteiger partial charge in [-0.1, -0.05) is 11.2 Å². The number of hydrogen-bond donors (Lipinski definition) is 1. The number of nitrogens with zero attached hydrogens (tertiary/aromatic N) is 2. The van der Waals surface area contributed by atoms with Crippen molar-refractivity contribution in [2.24, 2.45) is 5.16 Å². The second-order valence-electron chi connectivity index (χ2n) is 2.43. The van der Waals surface area contributed by atoms with Crippen LogP contribution in [0.3, 0.4) is 0 Å². The summed E-state index contributed by atoms with van der Waals surface area (Å²) in [6, 6.07) is 1.99. The molecule has 0 aromatic rings. The van der Waals surface area contributed by atoms with Gasteiger partial charge in [-0.3, -0.25) is 0 Å². The highest BCUT2D eigenvalue weighted by Gasteiger charge is 2.09. The summed E-state index contributed by atoms with van der Waals surface area (Å²) in [6.45, 7) is 1.67. The van der Waals surface area contributed by atoms with Gasteiger partial charge in [0.1, 0.15) is 13.2 Å². The van der Waals surface area contributed by atoms with E-state index in [0.29, 0.717) is 12.3 Å². The normalized spacial score (nSPS) is 18.0. The molecule has 0 unspecified atom stereocenters. The van der Waals surface area contributed by atoms with Crippen molar-refractivity contribution >= 4 is 5.71 Å². The monoisotopic (exact) mass is 165 g/mol. The van der Waals surface area contributed by atoms with Gasteiger partial charge in [0, 0.05) is 12.1 Å². The molecule has 1 aliphatic rings. The Bertz CT molecular complexity index is 250. The van der Waals surface area contributed by atoms with Gasteiger partial charge in [-0.05, 0) is 13.0 Å². The minimum Gasteiger partial charge on any atom is -0.398 e. The first kappa shape index (κ1) is 8.75. The van der Waals surface area contributed by atoms with E-state index >= 15 is 0 Å². The molecular formula is C8H11N3O. The van der Waals surface area contributed by atoms with Crippen molar-refractivity contribution in [3.63, 3.8) is 0 Å². The third kappa shape index (κ3) is 2.07.